The van der Waals surface area contributed by atoms with Gasteiger partial charge in [0, 0.05) is 6.04 Å². The molecule has 1 rings (SSSR count). The van der Waals surface area contributed by atoms with E-state index in [4.69, 9.17) is 5.73 Å². The van der Waals surface area contributed by atoms with Gasteiger partial charge in [0.2, 0.25) is 6.41 Å². The minimum atomic E-state index is -3.01. The Hall–Kier alpha value is -0.620. The summed E-state index contributed by atoms with van der Waals surface area (Å²) in [6.45, 7) is 0. The molecule has 11 heavy (non-hydrogen) atoms. The SMILES string of the molecule is N[C@@H]1CS(=O)(=O)C[C@H]1NC=O. The first kappa shape index (κ1) is 8.48. The highest BCUT2D eigenvalue weighted by atomic mass is 32.2. The number of carbonyl (C=O) groups excluding carboxylic acids is 1. The van der Waals surface area contributed by atoms with Gasteiger partial charge in [-0.2, -0.15) is 0 Å². The van der Waals surface area contributed by atoms with E-state index in [1.165, 1.54) is 0 Å². The predicted octanol–water partition coefficient (Wildman–Crippen LogP) is -2.14. The van der Waals surface area contributed by atoms with Gasteiger partial charge in [0.1, 0.15) is 0 Å². The Labute approximate surface area is 64.9 Å². The zero-order valence-corrected chi connectivity index (χ0v) is 6.67. The lowest BCUT2D eigenvalue weighted by Gasteiger charge is -2.10. The van der Waals surface area contributed by atoms with E-state index < -0.39 is 21.9 Å². The third-order valence-electron chi connectivity index (χ3n) is 1.68. The molecule has 0 bridgehead atoms. The molecule has 0 aromatic carbocycles. The van der Waals surface area contributed by atoms with E-state index in [1.807, 2.05) is 0 Å². The van der Waals surface area contributed by atoms with Crippen molar-refractivity contribution < 1.29 is 13.2 Å². The van der Waals surface area contributed by atoms with Gasteiger partial charge >= 0.3 is 0 Å². The van der Waals surface area contributed by atoms with Gasteiger partial charge in [-0.05, 0) is 0 Å². The predicted molar refractivity (Wildman–Crippen MR) is 39.6 cm³/mol. The topological polar surface area (TPSA) is 89.3 Å². The maximum absolute atomic E-state index is 10.9. The Bertz CT molecular complexity index is 248. The maximum Gasteiger partial charge on any atom is 0.207 e. The molecule has 64 valence electrons. The molecule has 6 heteroatoms. The average Bonchev–Trinajstić information content (AvgIpc) is 2.07. The summed E-state index contributed by atoms with van der Waals surface area (Å²) in [7, 11) is -3.01. The van der Waals surface area contributed by atoms with Crippen molar-refractivity contribution in [1.82, 2.24) is 5.32 Å². The average molecular weight is 178 g/mol. The van der Waals surface area contributed by atoms with Crippen molar-refractivity contribution >= 4 is 16.2 Å². The largest absolute Gasteiger partial charge is 0.353 e. The van der Waals surface area contributed by atoms with E-state index in [2.05, 4.69) is 5.32 Å². The van der Waals surface area contributed by atoms with Gasteiger partial charge in [0.25, 0.3) is 0 Å². The molecule has 0 saturated carbocycles. The number of amides is 1. The first-order chi connectivity index (χ1) is 5.05. The van der Waals surface area contributed by atoms with Gasteiger partial charge < -0.3 is 11.1 Å². The number of carbonyl (C=O) groups is 1. The number of nitrogens with two attached hydrogens (primary N) is 1. The quantitative estimate of drug-likeness (QED) is 0.472. The van der Waals surface area contributed by atoms with Crippen LogP contribution in [0, 0.1) is 0 Å². The first-order valence-corrected chi connectivity index (χ1v) is 5.03. The van der Waals surface area contributed by atoms with Crippen molar-refractivity contribution in [1.29, 1.82) is 0 Å². The number of hydrogen-bond acceptors (Lipinski definition) is 4. The smallest absolute Gasteiger partial charge is 0.207 e. The van der Waals surface area contributed by atoms with Gasteiger partial charge in [-0.3, -0.25) is 4.79 Å². The molecule has 0 spiro atoms. The van der Waals surface area contributed by atoms with Crippen LogP contribution in [-0.4, -0.2) is 38.4 Å². The summed E-state index contributed by atoms with van der Waals surface area (Å²) in [6.07, 6.45) is 0.478. The zero-order valence-electron chi connectivity index (χ0n) is 5.86. The minimum absolute atomic E-state index is 0.0293. The van der Waals surface area contributed by atoms with Crippen LogP contribution in [0.5, 0.6) is 0 Å². The maximum atomic E-state index is 10.9. The second-order valence-electron chi connectivity index (χ2n) is 2.63. The van der Waals surface area contributed by atoms with E-state index in [1.54, 1.807) is 0 Å². The van der Waals surface area contributed by atoms with Gasteiger partial charge in [0.05, 0.1) is 17.5 Å². The van der Waals surface area contributed by atoms with Gasteiger partial charge in [-0.1, -0.05) is 0 Å². The first-order valence-electron chi connectivity index (χ1n) is 3.21. The summed E-state index contributed by atoms with van der Waals surface area (Å²) < 4.78 is 21.8. The van der Waals surface area contributed by atoms with Crippen LogP contribution in [0.2, 0.25) is 0 Å². The molecule has 1 fully saturated rings. The van der Waals surface area contributed by atoms with Crippen molar-refractivity contribution in [2.75, 3.05) is 11.5 Å². The van der Waals surface area contributed by atoms with Gasteiger partial charge in [-0.15, -0.1) is 0 Å². The molecule has 0 aliphatic carbocycles. The summed E-state index contributed by atoms with van der Waals surface area (Å²) in [5, 5.41) is 2.37. The van der Waals surface area contributed by atoms with E-state index in [-0.39, 0.29) is 11.5 Å². The van der Waals surface area contributed by atoms with Crippen LogP contribution in [0.1, 0.15) is 0 Å². The highest BCUT2D eigenvalue weighted by Gasteiger charge is 2.34. The molecule has 1 saturated heterocycles. The Morgan fingerprint density at radius 1 is 1.45 bits per heavy atom. The highest BCUT2D eigenvalue weighted by molar-refractivity contribution is 7.91. The number of hydrogen-bond donors (Lipinski definition) is 2. The summed E-state index contributed by atoms with van der Waals surface area (Å²) in [4.78, 5) is 9.96. The Balaban J connectivity index is 2.66. The second-order valence-corrected chi connectivity index (χ2v) is 4.79. The Morgan fingerprint density at radius 2 is 2.09 bits per heavy atom. The molecule has 3 N–H and O–H groups in total. The van der Waals surface area contributed by atoms with Crippen LogP contribution in [0.15, 0.2) is 0 Å². The molecule has 5 nitrogen and oxygen atoms in total. The van der Waals surface area contributed by atoms with Crippen LogP contribution in [0.4, 0.5) is 0 Å². The van der Waals surface area contributed by atoms with Crippen molar-refractivity contribution in [3.8, 4) is 0 Å². The second kappa shape index (κ2) is 2.78. The Morgan fingerprint density at radius 3 is 2.45 bits per heavy atom. The van der Waals surface area contributed by atoms with E-state index >= 15 is 0 Å². The molecule has 1 amide bonds. The van der Waals surface area contributed by atoms with Crippen molar-refractivity contribution in [3.63, 3.8) is 0 Å². The summed E-state index contributed by atoms with van der Waals surface area (Å²) in [6, 6.07) is -0.859. The third-order valence-corrected chi connectivity index (χ3v) is 3.44. The monoisotopic (exact) mass is 178 g/mol. The van der Waals surface area contributed by atoms with E-state index in [0.29, 0.717) is 6.41 Å². The number of nitrogens with one attached hydrogen (secondary N) is 1. The molecule has 1 aliphatic heterocycles. The van der Waals surface area contributed by atoms with Crippen LogP contribution in [0.3, 0.4) is 0 Å². The van der Waals surface area contributed by atoms with E-state index in [0.717, 1.165) is 0 Å². The Kier molecular flexibility index (Phi) is 2.15. The fourth-order valence-electron chi connectivity index (χ4n) is 1.13. The lowest BCUT2D eigenvalue weighted by molar-refractivity contribution is -0.110. The van der Waals surface area contributed by atoms with Crippen LogP contribution >= 0.6 is 0 Å². The lowest BCUT2D eigenvalue weighted by Crippen LogP contribution is -2.43. The summed E-state index contributed by atoms with van der Waals surface area (Å²) in [5.74, 6) is -0.0641. The summed E-state index contributed by atoms with van der Waals surface area (Å²) >= 11 is 0. The minimum Gasteiger partial charge on any atom is -0.353 e. The number of rotatable bonds is 2. The molecular formula is C5H10N2O3S. The van der Waals surface area contributed by atoms with Crippen LogP contribution in [0.25, 0.3) is 0 Å². The standard InChI is InChI=1S/C5H10N2O3S/c6-4-1-11(9,10)2-5(4)7-3-8/h3-5H,1-2,6H2,(H,7,8)/t4-,5-/m1/s1. The van der Waals surface area contributed by atoms with Crippen molar-refractivity contribution in [2.24, 2.45) is 5.73 Å². The van der Waals surface area contributed by atoms with Gasteiger partial charge in [-0.25, -0.2) is 8.42 Å². The molecule has 0 aromatic heterocycles. The van der Waals surface area contributed by atoms with Crippen molar-refractivity contribution in [2.45, 2.75) is 12.1 Å². The normalized spacial score (nSPS) is 35.0. The van der Waals surface area contributed by atoms with Gasteiger partial charge in [0.15, 0.2) is 9.84 Å². The highest BCUT2D eigenvalue weighted by Crippen LogP contribution is 2.09. The zero-order chi connectivity index (χ0) is 8.48. The van der Waals surface area contributed by atoms with Crippen LogP contribution < -0.4 is 11.1 Å². The molecule has 1 aliphatic rings. The third kappa shape index (κ3) is 1.90. The molecule has 2 atom stereocenters. The lowest BCUT2D eigenvalue weighted by atomic mass is 10.2. The number of sulfone groups is 1. The summed E-state index contributed by atoms with van der Waals surface area (Å²) in [5.41, 5.74) is 5.44. The molecule has 0 unspecified atom stereocenters. The van der Waals surface area contributed by atoms with Crippen molar-refractivity contribution in [3.05, 3.63) is 0 Å². The van der Waals surface area contributed by atoms with Crippen LogP contribution in [-0.2, 0) is 14.6 Å². The molecule has 1 heterocycles. The fraction of sp³-hybridized carbons (Fsp3) is 0.800. The molecular weight excluding hydrogens is 168 g/mol. The molecule has 0 aromatic rings. The molecule has 0 radical (unpaired) electrons. The van der Waals surface area contributed by atoms with E-state index in [9.17, 15) is 13.2 Å². The fourth-order valence-corrected chi connectivity index (χ4v) is 2.98.